The fraction of sp³-hybridized carbons (Fsp3) is 0.294. The van der Waals surface area contributed by atoms with Gasteiger partial charge in [-0.3, -0.25) is 4.79 Å². The normalized spacial score (nSPS) is 13.3. The largest absolute Gasteiger partial charge is 0.493 e. The van der Waals surface area contributed by atoms with Crippen molar-refractivity contribution < 1.29 is 14.3 Å². The van der Waals surface area contributed by atoms with Crippen LogP contribution in [0.15, 0.2) is 42.6 Å². The van der Waals surface area contributed by atoms with Crippen LogP contribution in [0.5, 0.6) is 11.5 Å². The van der Waals surface area contributed by atoms with Gasteiger partial charge in [-0.15, -0.1) is 0 Å². The number of methoxy groups -OCH3 is 1. The van der Waals surface area contributed by atoms with Crippen molar-refractivity contribution in [3.63, 3.8) is 0 Å². The molecule has 0 bridgehead atoms. The van der Waals surface area contributed by atoms with Crippen molar-refractivity contribution in [1.29, 1.82) is 0 Å². The first-order valence-electron chi connectivity index (χ1n) is 7.53. The third-order valence-electron chi connectivity index (χ3n) is 3.40. The number of anilines is 2. The Morgan fingerprint density at radius 2 is 2.00 bits per heavy atom. The number of ether oxygens (including phenoxy) is 2. The molecule has 0 radical (unpaired) electrons. The predicted octanol–water partition coefficient (Wildman–Crippen LogP) is 2.68. The first-order chi connectivity index (χ1) is 11.2. The van der Waals surface area contributed by atoms with Crippen LogP contribution < -0.4 is 20.1 Å². The standard InChI is InChI=1S/C17H19N3O3/c1-22-14-4-2-3-5-15(14)23-11-17(21)20-13-8-9-16(18-10-13)19-12-6-7-12/h2-5,8-10,12H,6-7,11H2,1H3,(H,18,19)(H,20,21). The van der Waals surface area contributed by atoms with E-state index in [4.69, 9.17) is 9.47 Å². The Morgan fingerprint density at radius 3 is 2.65 bits per heavy atom. The number of para-hydroxylation sites is 2. The van der Waals surface area contributed by atoms with Crippen LogP contribution in [0.25, 0.3) is 0 Å². The molecule has 6 nitrogen and oxygen atoms in total. The zero-order chi connectivity index (χ0) is 16.1. The van der Waals surface area contributed by atoms with Crippen molar-refractivity contribution in [1.82, 2.24) is 4.98 Å². The Bertz CT molecular complexity index is 669. The highest BCUT2D eigenvalue weighted by molar-refractivity contribution is 5.91. The van der Waals surface area contributed by atoms with Crippen LogP contribution in [0.4, 0.5) is 11.5 Å². The van der Waals surface area contributed by atoms with E-state index in [0.29, 0.717) is 23.2 Å². The molecule has 1 aromatic heterocycles. The second-order valence-corrected chi connectivity index (χ2v) is 5.34. The molecule has 23 heavy (non-hydrogen) atoms. The lowest BCUT2D eigenvalue weighted by Gasteiger charge is -2.10. The van der Waals surface area contributed by atoms with Crippen molar-refractivity contribution in [2.45, 2.75) is 18.9 Å². The van der Waals surface area contributed by atoms with Crippen LogP contribution in [-0.2, 0) is 4.79 Å². The Hall–Kier alpha value is -2.76. The van der Waals surface area contributed by atoms with Crippen molar-refractivity contribution in [2.75, 3.05) is 24.4 Å². The molecule has 3 rings (SSSR count). The fourth-order valence-corrected chi connectivity index (χ4v) is 2.07. The monoisotopic (exact) mass is 313 g/mol. The Morgan fingerprint density at radius 1 is 1.22 bits per heavy atom. The number of aromatic nitrogens is 1. The molecule has 0 spiro atoms. The number of carbonyl (C=O) groups is 1. The van der Waals surface area contributed by atoms with Gasteiger partial charge < -0.3 is 20.1 Å². The number of carbonyl (C=O) groups excluding carboxylic acids is 1. The molecule has 0 atom stereocenters. The second-order valence-electron chi connectivity index (χ2n) is 5.34. The predicted molar refractivity (Wildman–Crippen MR) is 88.0 cm³/mol. The van der Waals surface area contributed by atoms with Gasteiger partial charge in [0.05, 0.1) is 19.0 Å². The summed E-state index contributed by atoms with van der Waals surface area (Å²) in [6.45, 7) is -0.0948. The minimum atomic E-state index is -0.249. The number of nitrogens with one attached hydrogen (secondary N) is 2. The lowest BCUT2D eigenvalue weighted by Crippen LogP contribution is -2.20. The summed E-state index contributed by atoms with van der Waals surface area (Å²) in [6.07, 6.45) is 4.02. The molecule has 2 N–H and O–H groups in total. The van der Waals surface area contributed by atoms with Gasteiger partial charge in [-0.05, 0) is 37.1 Å². The molecular formula is C17H19N3O3. The van der Waals surface area contributed by atoms with Gasteiger partial charge in [-0.2, -0.15) is 0 Å². The minimum Gasteiger partial charge on any atom is -0.493 e. The molecule has 120 valence electrons. The van der Waals surface area contributed by atoms with E-state index < -0.39 is 0 Å². The third kappa shape index (κ3) is 4.35. The summed E-state index contributed by atoms with van der Waals surface area (Å²) < 4.78 is 10.6. The molecule has 1 saturated carbocycles. The molecule has 6 heteroatoms. The van der Waals surface area contributed by atoms with Crippen molar-refractivity contribution >= 4 is 17.4 Å². The summed E-state index contributed by atoms with van der Waals surface area (Å²) >= 11 is 0. The molecule has 1 aliphatic rings. The number of hydrogen-bond donors (Lipinski definition) is 2. The average Bonchev–Trinajstić information content (AvgIpc) is 3.39. The highest BCUT2D eigenvalue weighted by atomic mass is 16.5. The fourth-order valence-electron chi connectivity index (χ4n) is 2.07. The number of benzene rings is 1. The second kappa shape index (κ2) is 7.00. The van der Waals surface area contributed by atoms with Gasteiger partial charge in [-0.1, -0.05) is 12.1 Å². The molecule has 1 amide bonds. The van der Waals surface area contributed by atoms with Crippen LogP contribution >= 0.6 is 0 Å². The van der Waals surface area contributed by atoms with Crippen molar-refractivity contribution in [3.8, 4) is 11.5 Å². The maximum absolute atomic E-state index is 11.9. The highest BCUT2D eigenvalue weighted by Crippen LogP contribution is 2.26. The van der Waals surface area contributed by atoms with Crippen LogP contribution in [0.1, 0.15) is 12.8 Å². The van der Waals surface area contributed by atoms with E-state index in [-0.39, 0.29) is 12.5 Å². The third-order valence-corrected chi connectivity index (χ3v) is 3.40. The maximum atomic E-state index is 11.9. The summed E-state index contributed by atoms with van der Waals surface area (Å²) in [6, 6.07) is 11.4. The van der Waals surface area contributed by atoms with E-state index in [1.54, 1.807) is 25.4 Å². The molecule has 0 saturated heterocycles. The average molecular weight is 313 g/mol. The first-order valence-corrected chi connectivity index (χ1v) is 7.53. The van der Waals surface area contributed by atoms with Gasteiger partial charge >= 0.3 is 0 Å². The summed E-state index contributed by atoms with van der Waals surface area (Å²) in [5, 5.41) is 6.04. The first kappa shape index (κ1) is 15.1. The van der Waals surface area contributed by atoms with Crippen LogP contribution in [-0.4, -0.2) is 30.6 Å². The Kier molecular flexibility index (Phi) is 4.61. The topological polar surface area (TPSA) is 72.5 Å². The maximum Gasteiger partial charge on any atom is 0.262 e. The zero-order valence-electron chi connectivity index (χ0n) is 12.9. The number of amides is 1. The Balaban J connectivity index is 1.50. The highest BCUT2D eigenvalue weighted by Gasteiger charge is 2.21. The number of hydrogen-bond acceptors (Lipinski definition) is 5. The molecule has 0 unspecified atom stereocenters. The number of pyridine rings is 1. The van der Waals surface area contributed by atoms with E-state index in [9.17, 15) is 4.79 Å². The number of nitrogens with zero attached hydrogens (tertiary/aromatic N) is 1. The molecular weight excluding hydrogens is 294 g/mol. The molecule has 1 fully saturated rings. The summed E-state index contributed by atoms with van der Waals surface area (Å²) in [5.74, 6) is 1.71. The van der Waals surface area contributed by atoms with E-state index in [1.165, 1.54) is 12.8 Å². The zero-order valence-corrected chi connectivity index (χ0v) is 12.9. The molecule has 1 aliphatic carbocycles. The summed E-state index contributed by atoms with van der Waals surface area (Å²) in [7, 11) is 1.56. The molecule has 0 aliphatic heterocycles. The van der Waals surface area contributed by atoms with E-state index in [0.717, 1.165) is 5.82 Å². The van der Waals surface area contributed by atoms with Crippen molar-refractivity contribution in [3.05, 3.63) is 42.6 Å². The van der Waals surface area contributed by atoms with Gasteiger partial charge in [0.2, 0.25) is 0 Å². The van der Waals surface area contributed by atoms with Crippen LogP contribution in [0, 0.1) is 0 Å². The molecule has 1 heterocycles. The van der Waals surface area contributed by atoms with E-state index >= 15 is 0 Å². The summed E-state index contributed by atoms with van der Waals surface area (Å²) in [4.78, 5) is 16.2. The SMILES string of the molecule is COc1ccccc1OCC(=O)Nc1ccc(NC2CC2)nc1. The smallest absolute Gasteiger partial charge is 0.262 e. The van der Waals surface area contributed by atoms with Crippen LogP contribution in [0.2, 0.25) is 0 Å². The van der Waals surface area contributed by atoms with Gasteiger partial charge in [0, 0.05) is 6.04 Å². The lowest BCUT2D eigenvalue weighted by molar-refractivity contribution is -0.118. The lowest BCUT2D eigenvalue weighted by atomic mass is 10.3. The number of rotatable bonds is 7. The summed E-state index contributed by atoms with van der Waals surface area (Å²) in [5.41, 5.74) is 0.639. The van der Waals surface area contributed by atoms with Gasteiger partial charge in [0.25, 0.3) is 5.91 Å². The van der Waals surface area contributed by atoms with Crippen molar-refractivity contribution in [2.24, 2.45) is 0 Å². The van der Waals surface area contributed by atoms with Crippen LogP contribution in [0.3, 0.4) is 0 Å². The van der Waals surface area contributed by atoms with Gasteiger partial charge in [0.15, 0.2) is 18.1 Å². The van der Waals surface area contributed by atoms with E-state index in [2.05, 4.69) is 15.6 Å². The minimum absolute atomic E-state index is 0.0948. The molecule has 2 aromatic rings. The van der Waals surface area contributed by atoms with E-state index in [1.807, 2.05) is 24.3 Å². The van der Waals surface area contributed by atoms with Gasteiger partial charge in [0.1, 0.15) is 5.82 Å². The van der Waals surface area contributed by atoms with Gasteiger partial charge in [-0.25, -0.2) is 4.98 Å². The Labute approximate surface area is 134 Å². The quantitative estimate of drug-likeness (QED) is 0.822. The molecule has 1 aromatic carbocycles.